The molecule has 0 aliphatic carbocycles. The van der Waals surface area contributed by atoms with Crippen LogP contribution in [-0.2, 0) is 6.18 Å². The van der Waals surface area contributed by atoms with Gasteiger partial charge in [-0.25, -0.2) is 4.79 Å². The summed E-state index contributed by atoms with van der Waals surface area (Å²) in [4.78, 5) is 17.1. The third-order valence-electron chi connectivity index (χ3n) is 5.08. The average molecular weight is 401 g/mol. The Bertz CT molecular complexity index is 618. The second-order valence-electron chi connectivity index (χ2n) is 7.14. The van der Waals surface area contributed by atoms with E-state index in [0.29, 0.717) is 12.2 Å². The molecule has 8 heteroatoms. The van der Waals surface area contributed by atoms with E-state index in [1.54, 1.807) is 0 Å². The van der Waals surface area contributed by atoms with E-state index < -0.39 is 11.7 Å². The highest BCUT2D eigenvalue weighted by Gasteiger charge is 2.31. The van der Waals surface area contributed by atoms with Gasteiger partial charge in [0, 0.05) is 24.5 Å². The highest BCUT2D eigenvalue weighted by Crippen LogP contribution is 2.30. The molecule has 0 bridgehead atoms. The summed E-state index contributed by atoms with van der Waals surface area (Å²) in [7, 11) is 0. The molecule has 27 heavy (non-hydrogen) atoms. The maximum absolute atomic E-state index is 12.8. The molecular weight excluding hydrogens is 375 g/mol. The number of anilines is 1. The molecule has 0 radical (unpaired) electrons. The van der Waals surface area contributed by atoms with Crippen molar-refractivity contribution in [2.24, 2.45) is 0 Å². The Hall–Kier alpha value is -1.41. The summed E-state index contributed by atoms with van der Waals surface area (Å²) in [6.45, 7) is 3.70. The van der Waals surface area contributed by atoms with Crippen molar-refractivity contribution in [1.82, 2.24) is 9.80 Å². The third kappa shape index (κ3) is 5.78. The monoisotopic (exact) mass is 401 g/mol. The number of halogens is 3. The summed E-state index contributed by atoms with van der Waals surface area (Å²) >= 11 is 1.87. The quantitative estimate of drug-likeness (QED) is 0.808. The minimum atomic E-state index is -4.37. The molecule has 3 rings (SSSR count). The number of hydrogen-bond donors (Lipinski definition) is 1. The Labute approximate surface area is 162 Å². The smallest absolute Gasteiger partial charge is 0.319 e. The number of nitrogens with zero attached hydrogens (tertiary/aromatic N) is 2. The van der Waals surface area contributed by atoms with Crippen molar-refractivity contribution in [1.29, 1.82) is 0 Å². The van der Waals surface area contributed by atoms with E-state index in [0.717, 1.165) is 49.7 Å². The molecule has 2 fully saturated rings. The number of amides is 2. The highest BCUT2D eigenvalue weighted by molar-refractivity contribution is 7.99. The van der Waals surface area contributed by atoms with Crippen LogP contribution in [0.4, 0.5) is 23.7 Å². The maximum Gasteiger partial charge on any atom is 0.416 e. The first-order valence-corrected chi connectivity index (χ1v) is 10.6. The summed E-state index contributed by atoms with van der Waals surface area (Å²) in [6, 6.07) is 4.53. The standard InChI is InChI=1S/C19H26F3N3OS/c20-19(21,22)15-5-7-16(8-6-15)23-18(26)25-11-4-12-27-14-17(25)13-24-9-2-1-3-10-24/h5-8,17H,1-4,9-14H2,(H,23,26). The number of piperidine rings is 1. The van der Waals surface area contributed by atoms with E-state index in [2.05, 4.69) is 10.2 Å². The van der Waals surface area contributed by atoms with E-state index in [1.807, 2.05) is 16.7 Å². The number of urea groups is 1. The number of alkyl halides is 3. The van der Waals surface area contributed by atoms with Crippen molar-refractivity contribution in [2.45, 2.75) is 37.9 Å². The van der Waals surface area contributed by atoms with Gasteiger partial charge in [-0.2, -0.15) is 24.9 Å². The summed E-state index contributed by atoms with van der Waals surface area (Å²) in [6.07, 6.45) is 0.245. The number of likely N-dealkylation sites (tertiary alicyclic amines) is 1. The zero-order chi connectivity index (χ0) is 19.3. The summed E-state index contributed by atoms with van der Waals surface area (Å²) in [5.74, 6) is 1.93. The van der Waals surface area contributed by atoms with Crippen molar-refractivity contribution in [2.75, 3.05) is 43.0 Å². The second-order valence-corrected chi connectivity index (χ2v) is 8.29. The lowest BCUT2D eigenvalue weighted by Gasteiger charge is -2.35. The second kappa shape index (κ2) is 9.19. The highest BCUT2D eigenvalue weighted by atomic mass is 32.2. The Morgan fingerprint density at radius 3 is 2.44 bits per heavy atom. The van der Waals surface area contributed by atoms with Crippen molar-refractivity contribution in [3.8, 4) is 0 Å². The van der Waals surface area contributed by atoms with E-state index in [4.69, 9.17) is 0 Å². The molecule has 0 aromatic heterocycles. The summed E-state index contributed by atoms with van der Waals surface area (Å²) in [5, 5.41) is 2.78. The van der Waals surface area contributed by atoms with Gasteiger partial charge in [-0.05, 0) is 62.4 Å². The maximum atomic E-state index is 12.8. The Kier molecular flexibility index (Phi) is 6.92. The van der Waals surface area contributed by atoms with E-state index in [1.165, 1.54) is 31.4 Å². The fourth-order valence-electron chi connectivity index (χ4n) is 3.63. The van der Waals surface area contributed by atoms with Crippen LogP contribution in [0.5, 0.6) is 0 Å². The SMILES string of the molecule is O=C(Nc1ccc(C(F)(F)F)cc1)N1CCCSCC1CN1CCCCC1. The van der Waals surface area contributed by atoms with Crippen molar-refractivity contribution < 1.29 is 18.0 Å². The zero-order valence-electron chi connectivity index (χ0n) is 15.3. The van der Waals surface area contributed by atoms with Gasteiger partial charge in [0.25, 0.3) is 0 Å². The molecule has 150 valence electrons. The molecule has 0 saturated carbocycles. The molecule has 2 saturated heterocycles. The van der Waals surface area contributed by atoms with E-state index >= 15 is 0 Å². The van der Waals surface area contributed by atoms with Gasteiger partial charge in [-0.1, -0.05) is 6.42 Å². The van der Waals surface area contributed by atoms with Gasteiger partial charge in [0.15, 0.2) is 0 Å². The lowest BCUT2D eigenvalue weighted by atomic mass is 10.1. The minimum Gasteiger partial charge on any atom is -0.319 e. The molecule has 2 heterocycles. The molecule has 2 amide bonds. The molecule has 1 aromatic rings. The van der Waals surface area contributed by atoms with Gasteiger partial charge >= 0.3 is 12.2 Å². The first-order chi connectivity index (χ1) is 12.9. The fraction of sp³-hybridized carbons (Fsp3) is 0.632. The van der Waals surface area contributed by atoms with E-state index in [-0.39, 0.29) is 12.1 Å². The van der Waals surface area contributed by atoms with Gasteiger partial charge < -0.3 is 15.1 Å². The van der Waals surface area contributed by atoms with Crippen LogP contribution in [0.1, 0.15) is 31.2 Å². The predicted octanol–water partition coefficient (Wildman–Crippen LogP) is 4.53. The van der Waals surface area contributed by atoms with Gasteiger partial charge in [-0.15, -0.1) is 0 Å². The number of carbonyl (C=O) groups excluding carboxylic acids is 1. The van der Waals surface area contributed by atoms with Crippen molar-refractivity contribution in [3.05, 3.63) is 29.8 Å². The molecule has 1 aromatic carbocycles. The van der Waals surface area contributed by atoms with Crippen molar-refractivity contribution >= 4 is 23.5 Å². The topological polar surface area (TPSA) is 35.6 Å². The first kappa shape index (κ1) is 20.3. The van der Waals surface area contributed by atoms with Crippen LogP contribution in [0, 0.1) is 0 Å². The normalized spacial score (nSPS) is 22.3. The van der Waals surface area contributed by atoms with Crippen LogP contribution in [0.15, 0.2) is 24.3 Å². The van der Waals surface area contributed by atoms with Crippen LogP contribution >= 0.6 is 11.8 Å². The third-order valence-corrected chi connectivity index (χ3v) is 6.28. The minimum absolute atomic E-state index is 0.130. The predicted molar refractivity (Wildman–Crippen MR) is 103 cm³/mol. The largest absolute Gasteiger partial charge is 0.416 e. The van der Waals surface area contributed by atoms with Crippen LogP contribution in [-0.4, -0.2) is 59.6 Å². The van der Waals surface area contributed by atoms with Crippen molar-refractivity contribution in [3.63, 3.8) is 0 Å². The zero-order valence-corrected chi connectivity index (χ0v) is 16.1. The van der Waals surface area contributed by atoms with Gasteiger partial charge in [0.2, 0.25) is 0 Å². The number of rotatable bonds is 3. The number of benzene rings is 1. The number of hydrogen-bond acceptors (Lipinski definition) is 3. The molecule has 2 aliphatic rings. The number of thioether (sulfide) groups is 1. The number of nitrogens with one attached hydrogen (secondary N) is 1. The molecular formula is C19H26F3N3OS. The van der Waals surface area contributed by atoms with Gasteiger partial charge in [-0.3, -0.25) is 0 Å². The summed E-state index contributed by atoms with van der Waals surface area (Å²) < 4.78 is 38.1. The van der Waals surface area contributed by atoms with Gasteiger partial charge in [0.05, 0.1) is 11.6 Å². The fourth-order valence-corrected chi connectivity index (χ4v) is 4.68. The van der Waals surface area contributed by atoms with Crippen LogP contribution in [0.2, 0.25) is 0 Å². The van der Waals surface area contributed by atoms with Crippen LogP contribution in [0.25, 0.3) is 0 Å². The molecule has 1 unspecified atom stereocenters. The molecule has 1 N–H and O–H groups in total. The Morgan fingerprint density at radius 1 is 1.07 bits per heavy atom. The van der Waals surface area contributed by atoms with E-state index in [9.17, 15) is 18.0 Å². The Balaban J connectivity index is 1.64. The Morgan fingerprint density at radius 2 is 1.78 bits per heavy atom. The molecule has 0 spiro atoms. The average Bonchev–Trinajstić information content (AvgIpc) is 2.88. The lowest BCUT2D eigenvalue weighted by Crippen LogP contribution is -2.50. The molecule has 2 aliphatic heterocycles. The van der Waals surface area contributed by atoms with Crippen LogP contribution in [0.3, 0.4) is 0 Å². The first-order valence-electron chi connectivity index (χ1n) is 9.48. The number of carbonyl (C=O) groups is 1. The van der Waals surface area contributed by atoms with Gasteiger partial charge in [0.1, 0.15) is 0 Å². The summed E-state index contributed by atoms with van der Waals surface area (Å²) in [5.41, 5.74) is -0.323. The molecule has 4 nitrogen and oxygen atoms in total. The lowest BCUT2D eigenvalue weighted by molar-refractivity contribution is -0.137. The van der Waals surface area contributed by atoms with Crippen LogP contribution < -0.4 is 5.32 Å². The molecule has 1 atom stereocenters.